The molecule has 2 amide bonds. The first-order valence-corrected chi connectivity index (χ1v) is 17.1. The molecule has 8 nitrogen and oxygen atoms in total. The highest BCUT2D eigenvalue weighted by molar-refractivity contribution is 5.80. The maximum Gasteiger partial charge on any atom is 0.224 e. The monoisotopic (exact) mass is 610 g/mol. The van der Waals surface area contributed by atoms with E-state index in [1.165, 1.54) is 37.7 Å². The number of carbonyl (C=O) groups is 2. The third-order valence-electron chi connectivity index (χ3n) is 11.2. The smallest absolute Gasteiger partial charge is 0.224 e. The average molecular weight is 611 g/mol. The number of likely N-dealkylation sites (tertiary alicyclic amines) is 1. The second-order valence-corrected chi connectivity index (χ2v) is 14.0. The van der Waals surface area contributed by atoms with Crippen LogP contribution in [0.3, 0.4) is 0 Å². The Morgan fingerprint density at radius 2 is 1.80 bits per heavy atom. The van der Waals surface area contributed by atoms with E-state index in [1.807, 2.05) is 35.3 Å². The predicted molar refractivity (Wildman–Crippen MR) is 176 cm³/mol. The molecule has 240 valence electrons. The first-order valence-electron chi connectivity index (χ1n) is 17.1. The van der Waals surface area contributed by atoms with E-state index in [-0.39, 0.29) is 17.9 Å². The van der Waals surface area contributed by atoms with Gasteiger partial charge in [-0.3, -0.25) is 14.3 Å². The molecule has 4 atom stereocenters. The van der Waals surface area contributed by atoms with Gasteiger partial charge in [0.05, 0.1) is 0 Å². The summed E-state index contributed by atoms with van der Waals surface area (Å²) in [6.45, 7) is 5.14. The van der Waals surface area contributed by atoms with Gasteiger partial charge in [0.15, 0.2) is 0 Å². The Morgan fingerprint density at radius 1 is 1.04 bits per heavy atom. The molecular formula is C37H50N6O2. The summed E-state index contributed by atoms with van der Waals surface area (Å²) in [5, 5.41) is 7.66. The van der Waals surface area contributed by atoms with Crippen molar-refractivity contribution in [2.24, 2.45) is 28.9 Å². The minimum atomic E-state index is -0.241. The van der Waals surface area contributed by atoms with Gasteiger partial charge in [-0.05, 0) is 91.7 Å². The Balaban J connectivity index is 1.08. The quantitative estimate of drug-likeness (QED) is 0.309. The van der Waals surface area contributed by atoms with E-state index in [2.05, 4.69) is 51.5 Å². The molecule has 1 aliphatic heterocycles. The van der Waals surface area contributed by atoms with Crippen LogP contribution < -0.4 is 11.1 Å². The van der Waals surface area contributed by atoms with Crippen molar-refractivity contribution in [3.63, 3.8) is 0 Å². The molecule has 45 heavy (non-hydrogen) atoms. The van der Waals surface area contributed by atoms with Crippen LogP contribution in [0.25, 0.3) is 0 Å². The highest BCUT2D eigenvalue weighted by Crippen LogP contribution is 2.60. The van der Waals surface area contributed by atoms with E-state index in [0.29, 0.717) is 43.6 Å². The number of carbonyl (C=O) groups excluding carboxylic acids is 2. The molecule has 2 aliphatic carbocycles. The van der Waals surface area contributed by atoms with Crippen LogP contribution >= 0.6 is 0 Å². The molecule has 1 spiro atoms. The van der Waals surface area contributed by atoms with E-state index in [4.69, 9.17) is 5.73 Å². The normalized spacial score (nSPS) is 23.1. The van der Waals surface area contributed by atoms with Crippen molar-refractivity contribution in [1.82, 2.24) is 25.0 Å². The van der Waals surface area contributed by atoms with Gasteiger partial charge in [0.1, 0.15) is 12.7 Å². The number of fused-ring (bicyclic) bond motifs is 2. The van der Waals surface area contributed by atoms with Crippen molar-refractivity contribution in [3.8, 4) is 0 Å². The van der Waals surface area contributed by atoms with E-state index in [0.717, 1.165) is 61.0 Å². The number of benzene rings is 2. The summed E-state index contributed by atoms with van der Waals surface area (Å²) in [5.74, 6) is 2.31. The molecule has 8 heteroatoms. The van der Waals surface area contributed by atoms with Gasteiger partial charge in [0.25, 0.3) is 0 Å². The van der Waals surface area contributed by atoms with Gasteiger partial charge in [0.2, 0.25) is 11.8 Å². The number of nitrogens with one attached hydrogen (secondary N) is 1. The number of aromatic nitrogens is 3. The van der Waals surface area contributed by atoms with Gasteiger partial charge in [-0.1, -0.05) is 66.9 Å². The zero-order chi connectivity index (χ0) is 31.2. The first kappa shape index (κ1) is 31.5. The van der Waals surface area contributed by atoms with E-state index >= 15 is 0 Å². The number of rotatable bonds is 11. The van der Waals surface area contributed by atoms with Gasteiger partial charge >= 0.3 is 0 Å². The number of aryl methyl sites for hydroxylation is 2. The molecule has 6 rings (SSSR count). The third kappa shape index (κ3) is 7.49. The van der Waals surface area contributed by atoms with E-state index < -0.39 is 0 Å². The number of piperidine rings is 1. The lowest BCUT2D eigenvalue weighted by atomic mass is 9.65. The molecule has 2 saturated carbocycles. The Kier molecular flexibility index (Phi) is 9.98. The zero-order valence-corrected chi connectivity index (χ0v) is 26.9. The number of amides is 2. The number of hydrogen-bond acceptors (Lipinski definition) is 5. The number of nitrogens with two attached hydrogens (primary N) is 1. The molecule has 1 saturated heterocycles. The Labute approximate surface area is 268 Å². The van der Waals surface area contributed by atoms with Crippen molar-refractivity contribution in [2.75, 3.05) is 13.1 Å². The molecule has 3 N–H and O–H groups in total. The number of hydrogen-bond donors (Lipinski definition) is 2. The summed E-state index contributed by atoms with van der Waals surface area (Å²) in [4.78, 5) is 33.3. The highest BCUT2D eigenvalue weighted by Gasteiger charge is 2.54. The maximum atomic E-state index is 13.8. The fraction of sp³-hybridized carbons (Fsp3) is 0.568. The third-order valence-corrected chi connectivity index (χ3v) is 11.2. The highest BCUT2D eigenvalue weighted by atomic mass is 16.2. The van der Waals surface area contributed by atoms with Crippen LogP contribution in [0.2, 0.25) is 0 Å². The molecular weight excluding hydrogens is 560 g/mol. The summed E-state index contributed by atoms with van der Waals surface area (Å²) in [6, 6.07) is 16.2. The van der Waals surface area contributed by atoms with Crippen molar-refractivity contribution in [2.45, 2.75) is 96.7 Å². The van der Waals surface area contributed by atoms with Crippen molar-refractivity contribution < 1.29 is 9.59 Å². The van der Waals surface area contributed by atoms with E-state index in [9.17, 15) is 9.59 Å². The SMILES string of the molecule is Cc1ccc(C[C@H](CC(=O)N2CCC3(CC2)C[C@@H](Cn2cncn2)C2CCCCC23)NC(=O)CCc2ccccc2CN)cc1. The summed E-state index contributed by atoms with van der Waals surface area (Å²) in [5.41, 5.74) is 10.8. The maximum absolute atomic E-state index is 13.8. The van der Waals surface area contributed by atoms with Crippen molar-refractivity contribution in [3.05, 3.63) is 83.4 Å². The molecule has 0 radical (unpaired) electrons. The largest absolute Gasteiger partial charge is 0.353 e. The second-order valence-electron chi connectivity index (χ2n) is 14.0. The molecule has 2 aromatic carbocycles. The van der Waals surface area contributed by atoms with Crippen molar-refractivity contribution >= 4 is 11.8 Å². The number of nitrogens with zero attached hydrogens (tertiary/aromatic N) is 4. The van der Waals surface area contributed by atoms with Crippen molar-refractivity contribution in [1.29, 1.82) is 0 Å². The molecule has 3 fully saturated rings. The van der Waals surface area contributed by atoms with Gasteiger partial charge < -0.3 is 16.0 Å². The molecule has 3 aromatic rings. The Hall–Kier alpha value is -3.52. The summed E-state index contributed by atoms with van der Waals surface area (Å²) >= 11 is 0. The standard InChI is InChI=1S/C37H50N6O2/c1-27-10-12-28(13-11-27)20-32(41-35(44)15-14-29-6-2-3-7-30(29)23-38)21-36(45)42-18-16-37(17-19-42)22-31(24-43-26-39-25-40-43)33-8-4-5-9-34(33)37/h2-3,6-7,10-13,25-26,31-34H,4-5,8-9,14-24,38H2,1H3,(H,41,44)/t31-,32+,33?,34?/m0/s1. The van der Waals surface area contributed by atoms with Gasteiger partial charge in [-0.25, -0.2) is 4.98 Å². The van der Waals surface area contributed by atoms with Gasteiger partial charge in [-0.2, -0.15) is 5.10 Å². The zero-order valence-electron chi connectivity index (χ0n) is 26.9. The fourth-order valence-corrected chi connectivity index (χ4v) is 8.92. The molecule has 2 heterocycles. The lowest BCUT2D eigenvalue weighted by Gasteiger charge is -2.45. The van der Waals surface area contributed by atoms with Crippen LogP contribution in [0.1, 0.15) is 80.0 Å². The van der Waals surface area contributed by atoms with Crippen LogP contribution in [0, 0.1) is 30.1 Å². The minimum Gasteiger partial charge on any atom is -0.353 e. The van der Waals surface area contributed by atoms with Crippen LogP contribution in [-0.2, 0) is 35.5 Å². The van der Waals surface area contributed by atoms with Crippen LogP contribution in [0.15, 0.2) is 61.2 Å². The summed E-state index contributed by atoms with van der Waals surface area (Å²) < 4.78 is 2.02. The summed E-state index contributed by atoms with van der Waals surface area (Å²) in [7, 11) is 0. The lowest BCUT2D eigenvalue weighted by molar-refractivity contribution is -0.135. The molecule has 1 aromatic heterocycles. The molecule has 3 aliphatic rings. The topological polar surface area (TPSA) is 106 Å². The van der Waals surface area contributed by atoms with E-state index in [1.54, 1.807) is 6.33 Å². The Bertz CT molecular complexity index is 1410. The van der Waals surface area contributed by atoms with Crippen LogP contribution in [0.5, 0.6) is 0 Å². The average Bonchev–Trinajstić information content (AvgIpc) is 3.68. The minimum absolute atomic E-state index is 0.0166. The van der Waals surface area contributed by atoms with Crippen LogP contribution in [0.4, 0.5) is 0 Å². The molecule has 2 unspecified atom stereocenters. The van der Waals surface area contributed by atoms with Gasteiger partial charge in [0, 0.05) is 45.1 Å². The first-order chi connectivity index (χ1) is 21.9. The fourth-order valence-electron chi connectivity index (χ4n) is 8.92. The molecule has 0 bridgehead atoms. The lowest BCUT2D eigenvalue weighted by Crippen LogP contribution is -2.48. The van der Waals surface area contributed by atoms with Crippen LogP contribution in [-0.4, -0.2) is 50.6 Å². The second kappa shape index (κ2) is 14.3. The van der Waals surface area contributed by atoms with Gasteiger partial charge in [-0.15, -0.1) is 0 Å². The summed E-state index contributed by atoms with van der Waals surface area (Å²) in [6.07, 6.45) is 14.2. The predicted octanol–water partition coefficient (Wildman–Crippen LogP) is 5.23. The Morgan fingerprint density at radius 3 is 2.53 bits per heavy atom.